The average Bonchev–Trinajstić information content (AvgIpc) is 2.88. The molecule has 1 aromatic heterocycles. The Kier molecular flexibility index (Phi) is 7.20. The second kappa shape index (κ2) is 10.6. The summed E-state index contributed by atoms with van der Waals surface area (Å²) in [7, 11) is 0. The maximum absolute atomic E-state index is 13.6. The lowest BCUT2D eigenvalue weighted by molar-refractivity contribution is -0.133. The largest absolute Gasteiger partial charge is 0.508 e. The molecule has 0 unspecified atom stereocenters. The lowest BCUT2D eigenvalue weighted by atomic mass is 10.0. The zero-order valence-electron chi connectivity index (χ0n) is 21.0. The van der Waals surface area contributed by atoms with Gasteiger partial charge in [-0.2, -0.15) is 0 Å². The lowest BCUT2D eigenvalue weighted by Crippen LogP contribution is -2.55. The first kappa shape index (κ1) is 26.5. The second-order valence-corrected chi connectivity index (χ2v) is 9.97. The van der Waals surface area contributed by atoms with Crippen molar-refractivity contribution in [3.8, 4) is 22.8 Å². The van der Waals surface area contributed by atoms with Gasteiger partial charge >= 0.3 is 0 Å². The van der Waals surface area contributed by atoms with Crippen LogP contribution in [-0.4, -0.2) is 50.0 Å². The fourth-order valence-electron chi connectivity index (χ4n) is 4.55. The van der Waals surface area contributed by atoms with Crippen LogP contribution in [0.2, 0.25) is 5.28 Å². The highest BCUT2D eigenvalue weighted by atomic mass is 35.5. The van der Waals surface area contributed by atoms with Crippen LogP contribution in [0.15, 0.2) is 72.9 Å². The monoisotopic (exact) mass is 550 g/mol. The maximum Gasteiger partial charge on any atom is 0.272 e. The van der Waals surface area contributed by atoms with Crippen molar-refractivity contribution in [1.29, 1.82) is 0 Å². The number of aryl methyl sites for hydroxylation is 1. The van der Waals surface area contributed by atoms with Crippen LogP contribution in [0.4, 0.5) is 14.5 Å². The van der Waals surface area contributed by atoms with Gasteiger partial charge in [-0.15, -0.1) is 0 Å². The summed E-state index contributed by atoms with van der Waals surface area (Å²) in [5.74, 6) is -3.58. The molecule has 0 atom stereocenters. The third-order valence-corrected chi connectivity index (χ3v) is 6.71. The van der Waals surface area contributed by atoms with E-state index in [1.54, 1.807) is 23.2 Å². The smallest absolute Gasteiger partial charge is 0.272 e. The number of phenolic OH excluding ortho intramolecular Hbond substituents is 2. The molecular weight excluding hydrogens is 526 g/mol. The molecule has 5 rings (SSSR count). The van der Waals surface area contributed by atoms with Crippen molar-refractivity contribution in [3.05, 3.63) is 100 Å². The van der Waals surface area contributed by atoms with Crippen molar-refractivity contribution in [3.63, 3.8) is 0 Å². The molecule has 3 aromatic carbocycles. The summed E-state index contributed by atoms with van der Waals surface area (Å²) in [6.07, 6.45) is 1.64. The van der Waals surface area contributed by atoms with Crippen LogP contribution in [0.25, 0.3) is 11.3 Å². The first-order valence-electron chi connectivity index (χ1n) is 12.2. The first-order chi connectivity index (χ1) is 18.6. The Hall–Kier alpha value is -4.08. The standard InChI is InChI=1S/C29H25ClF2N4O3/c1-18-13-33-28(30)34-26(18)21-6-8-22(9-7-21)36(27(39)24-11-10-23(37)12-25(24)38)15-20-4-2-19(3-5-20)14-35-16-29(31,32)17-35/h2-13,37-38H,14-17H2,1H3. The molecule has 1 aliphatic rings. The van der Waals surface area contributed by atoms with Gasteiger partial charge in [-0.3, -0.25) is 9.69 Å². The predicted octanol–water partition coefficient (Wildman–Crippen LogP) is 5.81. The molecule has 39 heavy (non-hydrogen) atoms. The number of amides is 1. The molecule has 0 saturated carbocycles. The molecule has 0 aliphatic carbocycles. The van der Waals surface area contributed by atoms with Gasteiger partial charge < -0.3 is 15.1 Å². The number of anilines is 1. The maximum atomic E-state index is 13.6. The lowest BCUT2D eigenvalue weighted by Gasteiger charge is -2.38. The van der Waals surface area contributed by atoms with Crippen molar-refractivity contribution in [2.45, 2.75) is 25.9 Å². The Balaban J connectivity index is 1.42. The van der Waals surface area contributed by atoms with Gasteiger partial charge in [0.1, 0.15) is 11.5 Å². The van der Waals surface area contributed by atoms with Crippen molar-refractivity contribution >= 4 is 23.2 Å². The molecule has 4 aromatic rings. The zero-order valence-corrected chi connectivity index (χ0v) is 21.7. The fraction of sp³-hybridized carbons (Fsp3) is 0.207. The second-order valence-electron chi connectivity index (χ2n) is 9.63. The Morgan fingerprint density at radius 2 is 1.69 bits per heavy atom. The van der Waals surface area contributed by atoms with Crippen LogP contribution in [0, 0.1) is 6.92 Å². The van der Waals surface area contributed by atoms with Crippen LogP contribution >= 0.6 is 11.6 Å². The van der Waals surface area contributed by atoms with Crippen LogP contribution < -0.4 is 4.90 Å². The minimum atomic E-state index is -2.62. The normalized spacial score (nSPS) is 14.6. The van der Waals surface area contributed by atoms with E-state index < -0.39 is 11.8 Å². The quantitative estimate of drug-likeness (QED) is 0.282. The highest BCUT2D eigenvalue weighted by molar-refractivity contribution is 6.28. The van der Waals surface area contributed by atoms with Gasteiger partial charge in [0.2, 0.25) is 5.28 Å². The van der Waals surface area contributed by atoms with Gasteiger partial charge in [-0.1, -0.05) is 36.4 Å². The molecule has 200 valence electrons. The summed E-state index contributed by atoms with van der Waals surface area (Å²) in [4.78, 5) is 25.1. The number of carbonyl (C=O) groups excluding carboxylic acids is 1. The van der Waals surface area contributed by atoms with Gasteiger partial charge in [-0.25, -0.2) is 18.7 Å². The van der Waals surface area contributed by atoms with Crippen LogP contribution in [0.3, 0.4) is 0 Å². The molecule has 1 fully saturated rings. The summed E-state index contributed by atoms with van der Waals surface area (Å²) < 4.78 is 26.3. The van der Waals surface area contributed by atoms with Gasteiger partial charge in [0, 0.05) is 30.1 Å². The van der Waals surface area contributed by atoms with Crippen LogP contribution in [0.1, 0.15) is 27.0 Å². The number of nitrogens with zero attached hydrogens (tertiary/aromatic N) is 4. The van der Waals surface area contributed by atoms with Crippen LogP contribution in [-0.2, 0) is 13.1 Å². The van der Waals surface area contributed by atoms with Gasteiger partial charge in [0.05, 0.1) is 30.9 Å². The highest BCUT2D eigenvalue weighted by Crippen LogP contribution is 2.31. The summed E-state index contributed by atoms with van der Waals surface area (Å²) in [6, 6.07) is 18.4. The zero-order chi connectivity index (χ0) is 27.7. The molecule has 1 saturated heterocycles. The Morgan fingerprint density at radius 3 is 2.33 bits per heavy atom. The number of rotatable bonds is 7. The van der Waals surface area contributed by atoms with Crippen molar-refractivity contribution in [2.24, 2.45) is 0 Å². The number of alkyl halides is 2. The molecule has 1 aliphatic heterocycles. The summed E-state index contributed by atoms with van der Waals surface area (Å²) in [5, 5.41) is 20.2. The molecule has 7 nitrogen and oxygen atoms in total. The van der Waals surface area contributed by atoms with E-state index in [0.29, 0.717) is 17.9 Å². The Labute approximate surface area is 228 Å². The molecular formula is C29H25ClF2N4O3. The van der Waals surface area contributed by atoms with Gasteiger partial charge in [0.15, 0.2) is 0 Å². The number of benzene rings is 3. The van der Waals surface area contributed by atoms with Crippen molar-refractivity contribution < 1.29 is 23.8 Å². The number of phenols is 2. The Morgan fingerprint density at radius 1 is 1.03 bits per heavy atom. The number of carbonyl (C=O) groups is 1. The number of aromatic nitrogens is 2. The SMILES string of the molecule is Cc1cnc(Cl)nc1-c1ccc(N(Cc2ccc(CN3CC(F)(F)C3)cc2)C(=O)c2ccc(O)cc2O)cc1. The van der Waals surface area contributed by atoms with Gasteiger partial charge in [0.25, 0.3) is 11.8 Å². The van der Waals surface area contributed by atoms with Gasteiger partial charge in [-0.05, 0) is 59.5 Å². The van der Waals surface area contributed by atoms with Crippen molar-refractivity contribution in [1.82, 2.24) is 14.9 Å². The topological polar surface area (TPSA) is 89.8 Å². The minimum absolute atomic E-state index is 0.0330. The van der Waals surface area contributed by atoms with E-state index >= 15 is 0 Å². The number of hydrogen-bond donors (Lipinski definition) is 2. The fourth-order valence-corrected chi connectivity index (χ4v) is 4.68. The van der Waals surface area contributed by atoms with E-state index in [0.717, 1.165) is 28.3 Å². The third kappa shape index (κ3) is 6.00. The van der Waals surface area contributed by atoms with E-state index in [-0.39, 0.29) is 42.0 Å². The van der Waals surface area contributed by atoms with Crippen molar-refractivity contribution in [2.75, 3.05) is 18.0 Å². The molecule has 2 heterocycles. The Bertz CT molecular complexity index is 1510. The van der Waals surface area contributed by atoms with E-state index in [9.17, 15) is 23.8 Å². The number of halogens is 3. The summed E-state index contributed by atoms with van der Waals surface area (Å²) in [6.45, 7) is 1.99. The highest BCUT2D eigenvalue weighted by Gasteiger charge is 2.43. The van der Waals surface area contributed by atoms with E-state index in [1.807, 2.05) is 43.3 Å². The van der Waals surface area contributed by atoms with E-state index in [4.69, 9.17) is 11.6 Å². The third-order valence-electron chi connectivity index (χ3n) is 6.53. The predicted molar refractivity (Wildman–Crippen MR) is 144 cm³/mol. The summed E-state index contributed by atoms with van der Waals surface area (Å²) >= 11 is 5.98. The van der Waals surface area contributed by atoms with Crippen LogP contribution in [0.5, 0.6) is 11.5 Å². The van der Waals surface area contributed by atoms with E-state index in [2.05, 4.69) is 9.97 Å². The minimum Gasteiger partial charge on any atom is -0.508 e. The first-order valence-corrected chi connectivity index (χ1v) is 12.6. The molecule has 0 spiro atoms. The molecule has 10 heteroatoms. The molecule has 2 N–H and O–H groups in total. The molecule has 0 radical (unpaired) electrons. The number of likely N-dealkylation sites (tertiary alicyclic amines) is 1. The number of hydrogen-bond acceptors (Lipinski definition) is 6. The average molecular weight is 551 g/mol. The molecule has 1 amide bonds. The molecule has 0 bridgehead atoms. The number of aromatic hydroxyl groups is 2. The van der Waals surface area contributed by atoms with E-state index in [1.165, 1.54) is 17.0 Å². The summed E-state index contributed by atoms with van der Waals surface area (Å²) in [5.41, 5.74) is 4.61.